The Kier molecular flexibility index (Phi) is 4.87. The van der Waals surface area contributed by atoms with Gasteiger partial charge in [0.15, 0.2) is 22.7 Å². The molecule has 2 aromatic heterocycles. The number of pyridine rings is 1. The van der Waals surface area contributed by atoms with E-state index in [2.05, 4.69) is 20.9 Å². The van der Waals surface area contributed by atoms with Gasteiger partial charge in [0.1, 0.15) is 16.7 Å². The predicted molar refractivity (Wildman–Crippen MR) is 125 cm³/mol. The van der Waals surface area contributed by atoms with Gasteiger partial charge in [0.2, 0.25) is 11.8 Å². The highest BCUT2D eigenvalue weighted by atomic mass is 19.1. The Bertz CT molecular complexity index is 1620. The Labute approximate surface area is 213 Å². The van der Waals surface area contributed by atoms with Gasteiger partial charge in [0.25, 0.3) is 11.8 Å². The van der Waals surface area contributed by atoms with Crippen molar-refractivity contribution < 1.29 is 37.5 Å². The molecule has 1 aromatic carbocycles. The zero-order chi connectivity index (χ0) is 27.0. The normalized spacial score (nSPS) is 24.6. The molecule has 2 saturated heterocycles. The average molecular weight is 521 g/mol. The van der Waals surface area contributed by atoms with Crippen molar-refractivity contribution in [1.29, 1.82) is 0 Å². The van der Waals surface area contributed by atoms with Crippen LogP contribution in [0.15, 0.2) is 34.7 Å². The van der Waals surface area contributed by atoms with E-state index in [0.717, 1.165) is 0 Å². The van der Waals surface area contributed by atoms with Gasteiger partial charge in [-0.15, -0.1) is 0 Å². The average Bonchev–Trinajstić information content (AvgIpc) is 3.58. The standard InChI is InChI=1S/C25H20FN5O7/c1-24(21(34)29-23(36)30-24)15-6-5-13-12(27-15)7-16(38-13)25(8-17(32)28-22(25)35)10-31-9-11-3-4-14(37-2)19(26)18(11)20(31)33/h3-7H,8-10H2,1-2H3,(H,28,32,35)(H2,29,30,34,36)/t24?,25-/m1/s1. The molecule has 0 spiro atoms. The largest absolute Gasteiger partial charge is 0.494 e. The van der Waals surface area contributed by atoms with E-state index in [-0.39, 0.29) is 53.4 Å². The third-order valence-corrected chi connectivity index (χ3v) is 7.29. The van der Waals surface area contributed by atoms with Crippen LogP contribution in [-0.2, 0) is 31.9 Å². The number of fused-ring (bicyclic) bond motifs is 2. The highest BCUT2D eigenvalue weighted by Crippen LogP contribution is 2.40. The van der Waals surface area contributed by atoms with Crippen LogP contribution >= 0.6 is 0 Å². The first kappa shape index (κ1) is 23.6. The van der Waals surface area contributed by atoms with Crippen LogP contribution < -0.4 is 20.7 Å². The van der Waals surface area contributed by atoms with E-state index < -0.39 is 46.4 Å². The number of urea groups is 1. The Morgan fingerprint density at radius 2 is 1.89 bits per heavy atom. The Hall–Kier alpha value is -4.81. The van der Waals surface area contributed by atoms with Crippen molar-refractivity contribution in [2.24, 2.45) is 0 Å². The quantitative estimate of drug-likeness (QED) is 0.331. The van der Waals surface area contributed by atoms with Gasteiger partial charge in [-0.1, -0.05) is 6.07 Å². The molecule has 3 N–H and O–H groups in total. The number of aromatic nitrogens is 1. The Morgan fingerprint density at radius 3 is 2.55 bits per heavy atom. The molecule has 0 radical (unpaired) electrons. The van der Waals surface area contributed by atoms with Crippen molar-refractivity contribution in [2.45, 2.75) is 30.8 Å². The van der Waals surface area contributed by atoms with E-state index in [1.165, 1.54) is 43.2 Å². The number of halogens is 1. The maximum atomic E-state index is 14.9. The van der Waals surface area contributed by atoms with E-state index in [0.29, 0.717) is 5.56 Å². The second-order valence-electron chi connectivity index (χ2n) is 9.64. The maximum absolute atomic E-state index is 14.9. The SMILES string of the molecule is COc1ccc2c(c1F)C(=O)N(C[C@@]1(c3cc4nc(C5(C)NC(=O)NC5=O)ccc4o3)CC(=O)NC1=O)C2. The number of ether oxygens (including phenoxy) is 1. The summed E-state index contributed by atoms with van der Waals surface area (Å²) in [7, 11) is 1.29. The van der Waals surface area contributed by atoms with Gasteiger partial charge < -0.3 is 19.4 Å². The topological polar surface area (TPSA) is 160 Å². The second-order valence-corrected chi connectivity index (χ2v) is 9.64. The number of benzene rings is 1. The van der Waals surface area contributed by atoms with Crippen LogP contribution in [0.5, 0.6) is 5.75 Å². The molecular weight excluding hydrogens is 501 g/mol. The number of imide groups is 2. The lowest BCUT2D eigenvalue weighted by atomic mass is 9.82. The molecule has 2 fully saturated rings. The summed E-state index contributed by atoms with van der Waals surface area (Å²) in [5, 5.41) is 6.97. The summed E-state index contributed by atoms with van der Waals surface area (Å²) in [5.74, 6) is -3.25. The highest BCUT2D eigenvalue weighted by Gasteiger charge is 2.53. The number of hydrogen-bond acceptors (Lipinski definition) is 8. The number of nitrogens with zero attached hydrogens (tertiary/aromatic N) is 2. The van der Waals surface area contributed by atoms with Gasteiger partial charge in [0.05, 0.1) is 24.8 Å². The van der Waals surface area contributed by atoms with E-state index >= 15 is 0 Å². The number of rotatable bonds is 5. The first-order valence-corrected chi connectivity index (χ1v) is 11.6. The van der Waals surface area contributed by atoms with Crippen molar-refractivity contribution in [3.8, 4) is 5.75 Å². The first-order chi connectivity index (χ1) is 18.1. The van der Waals surface area contributed by atoms with Crippen LogP contribution in [-0.4, -0.2) is 53.2 Å². The first-order valence-electron chi connectivity index (χ1n) is 11.6. The minimum atomic E-state index is -1.60. The number of methoxy groups -OCH3 is 1. The second kappa shape index (κ2) is 7.84. The summed E-state index contributed by atoms with van der Waals surface area (Å²) in [5.41, 5.74) is -1.98. The van der Waals surface area contributed by atoms with Crippen LogP contribution in [0.1, 0.15) is 40.7 Å². The van der Waals surface area contributed by atoms with E-state index in [9.17, 15) is 28.4 Å². The highest BCUT2D eigenvalue weighted by molar-refractivity contribution is 6.10. The molecule has 0 bridgehead atoms. The molecule has 1 unspecified atom stereocenters. The fourth-order valence-corrected chi connectivity index (χ4v) is 5.22. The lowest BCUT2D eigenvalue weighted by molar-refractivity contribution is -0.127. The summed E-state index contributed by atoms with van der Waals surface area (Å²) < 4.78 is 25.8. The molecule has 12 nitrogen and oxygen atoms in total. The van der Waals surface area contributed by atoms with Gasteiger partial charge in [-0.2, -0.15) is 0 Å². The molecule has 0 saturated carbocycles. The minimum absolute atomic E-state index is 0.0219. The summed E-state index contributed by atoms with van der Waals surface area (Å²) >= 11 is 0. The van der Waals surface area contributed by atoms with Crippen LogP contribution in [0.25, 0.3) is 11.1 Å². The van der Waals surface area contributed by atoms with Crippen molar-refractivity contribution in [1.82, 2.24) is 25.8 Å². The van der Waals surface area contributed by atoms with Crippen molar-refractivity contribution in [2.75, 3.05) is 13.7 Å². The molecule has 2 atom stereocenters. The van der Waals surface area contributed by atoms with Crippen molar-refractivity contribution in [3.63, 3.8) is 0 Å². The molecule has 38 heavy (non-hydrogen) atoms. The molecule has 5 heterocycles. The van der Waals surface area contributed by atoms with E-state index in [1.54, 1.807) is 6.07 Å². The number of amides is 6. The Morgan fingerprint density at radius 1 is 1.11 bits per heavy atom. The van der Waals surface area contributed by atoms with E-state index in [1.807, 2.05) is 0 Å². The molecule has 3 aliphatic rings. The number of carbonyl (C=O) groups excluding carboxylic acids is 5. The molecule has 3 aromatic rings. The third-order valence-electron chi connectivity index (χ3n) is 7.29. The molecule has 6 rings (SSSR count). The van der Waals surface area contributed by atoms with Crippen LogP contribution in [0.3, 0.4) is 0 Å². The smallest absolute Gasteiger partial charge is 0.322 e. The predicted octanol–water partition coefficient (Wildman–Crippen LogP) is 0.970. The summed E-state index contributed by atoms with van der Waals surface area (Å²) in [6, 6.07) is 6.84. The van der Waals surface area contributed by atoms with E-state index in [4.69, 9.17) is 9.15 Å². The number of furan rings is 1. The zero-order valence-corrected chi connectivity index (χ0v) is 20.1. The van der Waals surface area contributed by atoms with Crippen molar-refractivity contribution in [3.05, 3.63) is 58.7 Å². The molecule has 194 valence electrons. The fraction of sp³-hybridized carbons (Fsp3) is 0.280. The van der Waals surface area contributed by atoms with Gasteiger partial charge in [-0.05, 0) is 30.7 Å². The van der Waals surface area contributed by atoms with Gasteiger partial charge in [-0.3, -0.25) is 29.8 Å². The maximum Gasteiger partial charge on any atom is 0.322 e. The number of hydrogen-bond donors (Lipinski definition) is 3. The summed E-state index contributed by atoms with van der Waals surface area (Å²) in [4.78, 5) is 68.5. The van der Waals surface area contributed by atoms with Gasteiger partial charge >= 0.3 is 6.03 Å². The number of nitrogens with one attached hydrogen (secondary N) is 3. The summed E-state index contributed by atoms with van der Waals surface area (Å²) in [6.07, 6.45) is -0.305. The fourth-order valence-electron chi connectivity index (χ4n) is 5.22. The lowest BCUT2D eigenvalue weighted by Gasteiger charge is -2.28. The zero-order valence-electron chi connectivity index (χ0n) is 20.1. The molecule has 6 amide bonds. The molecule has 0 aliphatic carbocycles. The lowest BCUT2D eigenvalue weighted by Crippen LogP contribution is -2.46. The van der Waals surface area contributed by atoms with Gasteiger partial charge in [-0.25, -0.2) is 14.2 Å². The number of carbonyl (C=O) groups is 5. The molecule has 3 aliphatic heterocycles. The van der Waals surface area contributed by atoms with Crippen LogP contribution in [0.4, 0.5) is 9.18 Å². The summed E-state index contributed by atoms with van der Waals surface area (Å²) in [6.45, 7) is 1.26. The minimum Gasteiger partial charge on any atom is -0.494 e. The van der Waals surface area contributed by atoms with Crippen molar-refractivity contribution >= 4 is 40.8 Å². The molecule has 13 heteroatoms. The monoisotopic (exact) mass is 521 g/mol. The van der Waals surface area contributed by atoms with Gasteiger partial charge in [0, 0.05) is 19.2 Å². The molecular formula is C25H20FN5O7. The Balaban J connectivity index is 1.39. The van der Waals surface area contributed by atoms with Crippen LogP contribution in [0, 0.1) is 5.82 Å². The van der Waals surface area contributed by atoms with Crippen LogP contribution in [0.2, 0.25) is 0 Å². The third kappa shape index (κ3) is 3.20.